The van der Waals surface area contributed by atoms with Crippen molar-refractivity contribution in [3.63, 3.8) is 0 Å². The van der Waals surface area contributed by atoms with E-state index in [9.17, 15) is 15.0 Å². The van der Waals surface area contributed by atoms with Gasteiger partial charge in [-0.25, -0.2) is 0 Å². The Morgan fingerprint density at radius 3 is 2.30 bits per heavy atom. The Balaban J connectivity index is 1.73. The highest BCUT2D eigenvalue weighted by atomic mass is 35.5. The highest BCUT2D eigenvalue weighted by Gasteiger charge is 2.40. The van der Waals surface area contributed by atoms with Crippen LogP contribution in [0.4, 0.5) is 0 Å². The highest BCUT2D eigenvalue weighted by Crippen LogP contribution is 2.40. The second kappa shape index (κ2) is 15.1. The van der Waals surface area contributed by atoms with Gasteiger partial charge in [-0.1, -0.05) is 62.7 Å². The van der Waals surface area contributed by atoms with Crippen LogP contribution in [0.1, 0.15) is 80.3 Å². The van der Waals surface area contributed by atoms with Crippen LogP contribution >= 0.6 is 11.6 Å². The number of halogens is 1. The van der Waals surface area contributed by atoms with Crippen molar-refractivity contribution in [1.29, 1.82) is 0 Å². The Labute approximate surface area is 270 Å². The van der Waals surface area contributed by atoms with Gasteiger partial charge in [0.15, 0.2) is 8.32 Å². The summed E-state index contributed by atoms with van der Waals surface area (Å²) >= 11 is 6.02. The summed E-state index contributed by atoms with van der Waals surface area (Å²) in [5.74, 6) is 0.112. The largest absolute Gasteiger partial charge is 0.508 e. The lowest BCUT2D eigenvalue weighted by molar-refractivity contribution is 0.0766. The Morgan fingerprint density at radius 1 is 1.00 bits per heavy atom. The first-order valence-electron chi connectivity index (χ1n) is 15.5. The van der Waals surface area contributed by atoms with Gasteiger partial charge in [0.1, 0.15) is 5.75 Å². The third-order valence-electron chi connectivity index (χ3n) is 8.73. The molecule has 0 spiro atoms. The van der Waals surface area contributed by atoms with Gasteiger partial charge in [-0.3, -0.25) is 4.79 Å². The predicted molar refractivity (Wildman–Crippen MR) is 184 cm³/mol. The number of aliphatic hydroxyl groups is 1. The molecule has 44 heavy (non-hydrogen) atoms. The van der Waals surface area contributed by atoms with Crippen LogP contribution in [-0.4, -0.2) is 54.5 Å². The second-order valence-corrected chi connectivity index (χ2v) is 19.0. The van der Waals surface area contributed by atoms with Gasteiger partial charge in [0.2, 0.25) is 0 Å². The Bertz CT molecular complexity index is 1390. The van der Waals surface area contributed by atoms with Gasteiger partial charge in [-0.2, -0.15) is 0 Å². The van der Waals surface area contributed by atoms with Crippen molar-refractivity contribution in [3.05, 3.63) is 99.6 Å². The van der Waals surface area contributed by atoms with Crippen molar-refractivity contribution in [1.82, 2.24) is 10.2 Å². The van der Waals surface area contributed by atoms with Crippen LogP contribution in [0, 0.1) is 0 Å². The molecule has 0 fully saturated rings. The fourth-order valence-electron chi connectivity index (χ4n) is 4.95. The normalized spacial score (nSPS) is 13.1. The quantitative estimate of drug-likeness (QED) is 0.156. The number of carbonyl (C=O) groups excluding carboxylic acids is 1. The lowest BCUT2D eigenvalue weighted by Crippen LogP contribution is -2.47. The molecule has 0 aliphatic rings. The Hall–Kier alpha value is -2.68. The molecule has 0 aliphatic carbocycles. The van der Waals surface area contributed by atoms with E-state index in [2.05, 4.69) is 59.1 Å². The summed E-state index contributed by atoms with van der Waals surface area (Å²) in [6, 6.07) is 21.1. The Kier molecular flexibility index (Phi) is 12.3. The number of amides is 1. The maximum absolute atomic E-state index is 13.5. The van der Waals surface area contributed by atoms with Crippen molar-refractivity contribution >= 4 is 25.8 Å². The number of hydrogen-bond acceptors (Lipinski definition) is 5. The smallest absolute Gasteiger partial charge is 0.253 e. The number of hydrogen-bond donors (Lipinski definition) is 3. The van der Waals surface area contributed by atoms with Crippen molar-refractivity contribution in [2.24, 2.45) is 0 Å². The minimum Gasteiger partial charge on any atom is -0.508 e. The lowest BCUT2D eigenvalue weighted by Gasteiger charge is -2.40. The number of rotatable bonds is 14. The molecule has 240 valence electrons. The number of aromatic hydroxyl groups is 1. The third kappa shape index (κ3) is 9.91. The number of likely N-dealkylation sites (N-methyl/N-ethyl adjacent to an activating group) is 1. The molecular formula is C36H51ClN2O4Si. The van der Waals surface area contributed by atoms with Crippen LogP contribution in [0.2, 0.25) is 23.2 Å². The van der Waals surface area contributed by atoms with Crippen molar-refractivity contribution in [3.8, 4) is 5.75 Å². The summed E-state index contributed by atoms with van der Waals surface area (Å²) < 4.78 is 6.88. The molecule has 0 saturated carbocycles. The van der Waals surface area contributed by atoms with Gasteiger partial charge in [-0.05, 0) is 105 Å². The number of aliphatic hydroxyl groups excluding tert-OH is 1. The first kappa shape index (κ1) is 35.8. The summed E-state index contributed by atoms with van der Waals surface area (Å²) in [5.41, 5.74) is 4.03. The van der Waals surface area contributed by atoms with Crippen LogP contribution < -0.4 is 5.32 Å². The maximum Gasteiger partial charge on any atom is 0.253 e. The molecular weight excluding hydrogens is 588 g/mol. The van der Waals surface area contributed by atoms with Gasteiger partial charge in [0, 0.05) is 41.3 Å². The molecule has 6 nitrogen and oxygen atoms in total. The van der Waals surface area contributed by atoms with Crippen molar-refractivity contribution < 1.29 is 19.4 Å². The first-order valence-corrected chi connectivity index (χ1v) is 18.8. The van der Waals surface area contributed by atoms with E-state index < -0.39 is 8.32 Å². The van der Waals surface area contributed by atoms with E-state index in [1.54, 1.807) is 6.07 Å². The summed E-state index contributed by atoms with van der Waals surface area (Å²) in [6.45, 7) is 19.0. The summed E-state index contributed by atoms with van der Waals surface area (Å²) in [7, 11) is -2.14. The molecule has 8 heteroatoms. The van der Waals surface area contributed by atoms with E-state index in [1.807, 2.05) is 66.4 Å². The van der Waals surface area contributed by atoms with Crippen LogP contribution in [0.5, 0.6) is 5.75 Å². The molecule has 3 aromatic carbocycles. The van der Waals surface area contributed by atoms with Crippen LogP contribution in [0.25, 0.3) is 0 Å². The maximum atomic E-state index is 13.5. The van der Waals surface area contributed by atoms with Crippen LogP contribution in [0.15, 0.2) is 66.7 Å². The molecule has 0 aromatic heterocycles. The predicted octanol–water partition coefficient (Wildman–Crippen LogP) is 7.92. The zero-order valence-electron chi connectivity index (χ0n) is 27.7. The lowest BCUT2D eigenvalue weighted by atomic mass is 9.93. The van der Waals surface area contributed by atoms with E-state index in [0.717, 1.165) is 29.5 Å². The minimum atomic E-state index is -2.14. The van der Waals surface area contributed by atoms with Gasteiger partial charge < -0.3 is 24.9 Å². The van der Waals surface area contributed by atoms with E-state index in [-0.39, 0.29) is 34.9 Å². The zero-order chi connectivity index (χ0) is 32.7. The fraction of sp³-hybridized carbons (Fsp3) is 0.472. The first-order chi connectivity index (χ1) is 20.5. The minimum absolute atomic E-state index is 0.0195. The van der Waals surface area contributed by atoms with Gasteiger partial charge in [0.25, 0.3) is 5.91 Å². The summed E-state index contributed by atoms with van der Waals surface area (Å²) in [4.78, 5) is 15.4. The van der Waals surface area contributed by atoms with Gasteiger partial charge >= 0.3 is 0 Å². The number of nitrogens with one attached hydrogen (secondary N) is 1. The molecule has 0 unspecified atom stereocenters. The summed E-state index contributed by atoms with van der Waals surface area (Å²) in [5, 5.41) is 24.4. The number of nitrogens with zero attached hydrogens (tertiary/aromatic N) is 1. The SMILES string of the molecule is CCN(CCc1ccc(Cl)cc1)C(=O)c1cccc(CC(C)(C)NC[C@@H](O[Si](C)(C)C(C)(C)C)c2ccc(O)c(CO)c2)c1. The molecule has 0 heterocycles. The Morgan fingerprint density at radius 2 is 1.68 bits per heavy atom. The monoisotopic (exact) mass is 638 g/mol. The molecule has 0 radical (unpaired) electrons. The topological polar surface area (TPSA) is 82.0 Å². The summed E-state index contributed by atoms with van der Waals surface area (Å²) in [6.07, 6.45) is 1.23. The third-order valence-corrected chi connectivity index (χ3v) is 13.5. The van der Waals surface area contributed by atoms with E-state index in [0.29, 0.717) is 35.8 Å². The second-order valence-electron chi connectivity index (χ2n) is 13.8. The molecule has 0 aliphatic heterocycles. The van der Waals surface area contributed by atoms with Gasteiger partial charge in [0.05, 0.1) is 12.7 Å². The molecule has 3 N–H and O–H groups in total. The van der Waals surface area contributed by atoms with E-state index in [4.69, 9.17) is 16.0 Å². The highest BCUT2D eigenvalue weighted by molar-refractivity contribution is 6.74. The molecule has 3 aromatic rings. The molecule has 0 saturated heterocycles. The standard InChI is InChI=1S/C36H51ClN2O4Si/c1-9-39(20-19-26-13-16-31(37)17-14-26)34(42)29-12-10-11-27(21-29)23-36(5,6)38-24-33(43-44(7,8)35(2,3)4)28-15-18-32(41)30(22-28)25-40/h10-18,21-22,33,38,40-41H,9,19-20,23-25H2,1-8H3/t33-/m1/s1. The van der Waals surface area contributed by atoms with Crippen molar-refractivity contribution in [2.45, 2.75) is 90.8 Å². The fourth-order valence-corrected chi connectivity index (χ4v) is 6.36. The van der Waals surface area contributed by atoms with Crippen LogP contribution in [-0.2, 0) is 23.9 Å². The van der Waals surface area contributed by atoms with Gasteiger partial charge in [-0.15, -0.1) is 0 Å². The zero-order valence-corrected chi connectivity index (χ0v) is 29.5. The van der Waals surface area contributed by atoms with E-state index >= 15 is 0 Å². The molecule has 1 atom stereocenters. The molecule has 0 bridgehead atoms. The number of phenols is 1. The van der Waals surface area contributed by atoms with Crippen molar-refractivity contribution in [2.75, 3.05) is 19.6 Å². The number of benzene rings is 3. The average molecular weight is 639 g/mol. The number of carbonyl (C=O) groups is 1. The van der Waals surface area contributed by atoms with Crippen LogP contribution in [0.3, 0.4) is 0 Å². The average Bonchev–Trinajstić information content (AvgIpc) is 2.96. The molecule has 3 rings (SSSR count). The van der Waals surface area contributed by atoms with E-state index in [1.165, 1.54) is 0 Å². The molecule has 1 amide bonds.